The molecule has 2 amide bonds. The maximum Gasteiger partial charge on any atom is 0.286 e. The third kappa shape index (κ3) is 8.00. The summed E-state index contributed by atoms with van der Waals surface area (Å²) in [6.45, 7) is 2.09. The van der Waals surface area contributed by atoms with Crippen molar-refractivity contribution in [1.29, 1.82) is 0 Å². The lowest BCUT2D eigenvalue weighted by molar-refractivity contribution is -0.118. The first kappa shape index (κ1) is 28.0. The van der Waals surface area contributed by atoms with Crippen molar-refractivity contribution >= 4 is 44.3 Å². The third-order valence-electron chi connectivity index (χ3n) is 6.33. The molecule has 11 nitrogen and oxygen atoms in total. The van der Waals surface area contributed by atoms with Crippen molar-refractivity contribution in [1.82, 2.24) is 10.6 Å². The van der Waals surface area contributed by atoms with Crippen LogP contribution in [0.5, 0.6) is 11.5 Å². The zero-order valence-corrected chi connectivity index (χ0v) is 22.6. The number of phenolic OH excluding ortho intramolecular Hbond substituents is 1. The number of anilines is 2. The van der Waals surface area contributed by atoms with E-state index < -0.39 is 16.1 Å². The average molecular weight is 565 g/mol. The summed E-state index contributed by atoms with van der Waals surface area (Å²) in [6, 6.07) is 12.5. The number of benzene rings is 2. The molecule has 0 radical (unpaired) electrons. The quantitative estimate of drug-likeness (QED) is 0.254. The minimum atomic E-state index is -3.55. The van der Waals surface area contributed by atoms with Crippen LogP contribution in [0.3, 0.4) is 0 Å². The molecule has 2 aromatic rings. The van der Waals surface area contributed by atoms with E-state index in [0.717, 1.165) is 55.2 Å². The normalized spacial score (nSPS) is 19.3. The molecule has 13 heteroatoms. The minimum Gasteiger partial charge on any atom is -0.506 e. The van der Waals surface area contributed by atoms with Crippen LogP contribution >= 0.6 is 11.8 Å². The summed E-state index contributed by atoms with van der Waals surface area (Å²) in [4.78, 5) is 25.4. The van der Waals surface area contributed by atoms with Crippen molar-refractivity contribution in [3.05, 3.63) is 48.0 Å². The lowest BCUT2D eigenvalue weighted by Gasteiger charge is -2.34. The van der Waals surface area contributed by atoms with Gasteiger partial charge in [-0.25, -0.2) is 8.42 Å². The number of nitrogens with one attached hydrogen (secondary N) is 3. The number of aromatic hydroxyl groups is 1. The lowest BCUT2D eigenvalue weighted by Crippen LogP contribution is -2.45. The number of aliphatic hydroxyl groups is 1. The van der Waals surface area contributed by atoms with Crippen molar-refractivity contribution < 1.29 is 33.0 Å². The van der Waals surface area contributed by atoms with Gasteiger partial charge in [-0.3, -0.25) is 19.6 Å². The SMILES string of the molecule is CS(=O)(=O)Nc1cc(OC[C@@H](O)CNC2CCN(c3ccc(CC4SC(=O)NC4=O)cc3)CC2)ccc1O. The number of thioether (sulfide) groups is 1. The van der Waals surface area contributed by atoms with Gasteiger partial charge in [0.05, 0.1) is 17.2 Å². The Hall–Kier alpha value is -3.00. The molecule has 4 rings (SSSR count). The van der Waals surface area contributed by atoms with E-state index in [2.05, 4.69) is 20.3 Å². The zero-order chi connectivity index (χ0) is 27.3. The van der Waals surface area contributed by atoms with Crippen molar-refractivity contribution in [2.45, 2.75) is 36.7 Å². The molecule has 2 fully saturated rings. The molecule has 5 N–H and O–H groups in total. The molecule has 2 saturated heterocycles. The van der Waals surface area contributed by atoms with Gasteiger partial charge in [-0.2, -0.15) is 0 Å². The van der Waals surface area contributed by atoms with Gasteiger partial charge >= 0.3 is 0 Å². The predicted octanol–water partition coefficient (Wildman–Crippen LogP) is 1.66. The molecule has 206 valence electrons. The van der Waals surface area contributed by atoms with Gasteiger partial charge in [0, 0.05) is 37.4 Å². The standard InChI is InChI=1S/C25H32N4O7S2/c1-38(34,35)28-21-13-20(6-7-22(21)31)36-15-19(30)14-26-17-8-10-29(11-9-17)18-4-2-16(3-5-18)12-23-24(32)27-25(33)37-23/h2-7,13,17,19,23,26,28,30-31H,8-12,14-15H2,1H3,(H,27,32,33)/t19-,23?/m0/s1. The Bertz CT molecular complexity index is 1250. The summed E-state index contributed by atoms with van der Waals surface area (Å²) in [5, 5.41) is 25.2. The second-order valence-corrected chi connectivity index (χ2v) is 12.4. The zero-order valence-electron chi connectivity index (χ0n) is 20.9. The second kappa shape index (κ2) is 12.2. The summed E-state index contributed by atoms with van der Waals surface area (Å²) in [6.07, 6.45) is 2.56. The highest BCUT2D eigenvalue weighted by Crippen LogP contribution is 2.29. The van der Waals surface area contributed by atoms with Gasteiger partial charge in [-0.1, -0.05) is 23.9 Å². The third-order valence-corrected chi connectivity index (χ3v) is 7.90. The maximum absolute atomic E-state index is 11.8. The molecule has 0 spiro atoms. The van der Waals surface area contributed by atoms with Crippen LogP contribution in [0, 0.1) is 0 Å². The van der Waals surface area contributed by atoms with E-state index in [1.165, 1.54) is 18.2 Å². The van der Waals surface area contributed by atoms with E-state index in [1.54, 1.807) is 0 Å². The van der Waals surface area contributed by atoms with E-state index >= 15 is 0 Å². The number of hydrogen-bond donors (Lipinski definition) is 5. The number of rotatable bonds is 11. The van der Waals surface area contributed by atoms with E-state index in [0.29, 0.717) is 18.7 Å². The Kier molecular flexibility index (Phi) is 9.03. The molecule has 1 unspecified atom stereocenters. The summed E-state index contributed by atoms with van der Waals surface area (Å²) >= 11 is 1.04. The number of aliphatic hydroxyl groups excluding tert-OH is 1. The Balaban J connectivity index is 1.17. The molecule has 0 saturated carbocycles. The topological polar surface area (TPSA) is 157 Å². The predicted molar refractivity (Wildman–Crippen MR) is 146 cm³/mol. The number of nitrogens with zero attached hydrogens (tertiary/aromatic N) is 1. The molecule has 0 bridgehead atoms. The first-order valence-corrected chi connectivity index (χ1v) is 15.0. The smallest absolute Gasteiger partial charge is 0.286 e. The van der Waals surface area contributed by atoms with E-state index in [1.807, 2.05) is 24.3 Å². The number of piperidine rings is 1. The monoisotopic (exact) mass is 564 g/mol. The second-order valence-electron chi connectivity index (χ2n) is 9.44. The molecule has 2 atom stereocenters. The minimum absolute atomic E-state index is 0.00993. The van der Waals surface area contributed by atoms with Crippen LogP contribution in [-0.2, 0) is 21.2 Å². The molecular formula is C25H32N4O7S2. The molecule has 2 aliphatic heterocycles. The van der Waals surface area contributed by atoms with Crippen LogP contribution in [-0.4, -0.2) is 79.7 Å². The maximum atomic E-state index is 11.8. The highest BCUT2D eigenvalue weighted by molar-refractivity contribution is 8.15. The highest BCUT2D eigenvalue weighted by atomic mass is 32.2. The van der Waals surface area contributed by atoms with Crippen LogP contribution in [0.2, 0.25) is 0 Å². The van der Waals surface area contributed by atoms with Gasteiger partial charge in [0.15, 0.2) is 0 Å². The first-order chi connectivity index (χ1) is 18.1. The van der Waals surface area contributed by atoms with Gasteiger partial charge < -0.3 is 25.2 Å². The lowest BCUT2D eigenvalue weighted by atomic mass is 10.0. The van der Waals surface area contributed by atoms with E-state index in [4.69, 9.17) is 4.74 Å². The molecular weight excluding hydrogens is 532 g/mol. The fraction of sp³-hybridized carbons (Fsp3) is 0.440. The van der Waals surface area contributed by atoms with Crippen LogP contribution < -0.4 is 25.0 Å². The number of imide groups is 1. The number of carbonyl (C=O) groups excluding carboxylic acids is 2. The molecule has 0 aliphatic carbocycles. The number of phenols is 1. The van der Waals surface area contributed by atoms with Crippen molar-refractivity contribution in [3.8, 4) is 11.5 Å². The fourth-order valence-corrected chi connectivity index (χ4v) is 5.79. The van der Waals surface area contributed by atoms with Crippen molar-refractivity contribution in [2.75, 3.05) is 42.1 Å². The largest absolute Gasteiger partial charge is 0.506 e. The summed E-state index contributed by atoms with van der Waals surface area (Å²) in [5.41, 5.74) is 2.13. The number of sulfonamides is 1. The summed E-state index contributed by atoms with van der Waals surface area (Å²) in [7, 11) is -3.55. The van der Waals surface area contributed by atoms with Gasteiger partial charge in [0.2, 0.25) is 15.9 Å². The molecule has 2 aliphatic rings. The van der Waals surface area contributed by atoms with Gasteiger partial charge in [0.1, 0.15) is 24.2 Å². The fourth-order valence-electron chi connectivity index (χ4n) is 4.37. The van der Waals surface area contributed by atoms with Crippen LogP contribution in [0.4, 0.5) is 16.2 Å². The Morgan fingerprint density at radius 1 is 1.16 bits per heavy atom. The first-order valence-electron chi connectivity index (χ1n) is 12.3. The van der Waals surface area contributed by atoms with Gasteiger partial charge in [-0.15, -0.1) is 0 Å². The number of carbonyl (C=O) groups is 2. The number of amides is 2. The van der Waals surface area contributed by atoms with E-state index in [9.17, 15) is 28.2 Å². The summed E-state index contributed by atoms with van der Waals surface area (Å²) < 4.78 is 30.6. The highest BCUT2D eigenvalue weighted by Gasteiger charge is 2.31. The average Bonchev–Trinajstić information content (AvgIpc) is 3.19. The van der Waals surface area contributed by atoms with Gasteiger partial charge in [0.25, 0.3) is 5.24 Å². The van der Waals surface area contributed by atoms with Crippen molar-refractivity contribution in [2.24, 2.45) is 0 Å². The molecule has 38 heavy (non-hydrogen) atoms. The number of hydrogen-bond acceptors (Lipinski definition) is 10. The van der Waals surface area contributed by atoms with E-state index in [-0.39, 0.29) is 40.5 Å². The van der Waals surface area contributed by atoms with Crippen LogP contribution in [0.15, 0.2) is 42.5 Å². The van der Waals surface area contributed by atoms with Crippen molar-refractivity contribution in [3.63, 3.8) is 0 Å². The van der Waals surface area contributed by atoms with Crippen LogP contribution in [0.1, 0.15) is 18.4 Å². The Labute approximate surface area is 226 Å². The Morgan fingerprint density at radius 2 is 1.87 bits per heavy atom. The molecule has 0 aromatic heterocycles. The Morgan fingerprint density at radius 3 is 2.50 bits per heavy atom. The number of ether oxygens (including phenoxy) is 1. The molecule has 2 heterocycles. The summed E-state index contributed by atoms with van der Waals surface area (Å²) in [5.74, 6) is -0.125. The van der Waals surface area contributed by atoms with Crippen LogP contribution in [0.25, 0.3) is 0 Å². The van der Waals surface area contributed by atoms with Gasteiger partial charge in [-0.05, 0) is 49.1 Å². The molecule has 2 aromatic carbocycles.